The summed E-state index contributed by atoms with van der Waals surface area (Å²) >= 11 is 0. The van der Waals surface area contributed by atoms with Crippen LogP contribution in [0.3, 0.4) is 0 Å². The molecule has 0 aliphatic carbocycles. The number of hydrogen-bond acceptors (Lipinski definition) is 2. The van der Waals surface area contributed by atoms with Gasteiger partial charge in [0, 0.05) is 12.4 Å². The minimum Gasteiger partial charge on any atom is -0.272 e. The fourth-order valence-corrected chi connectivity index (χ4v) is 1.80. The van der Waals surface area contributed by atoms with Crippen LogP contribution in [0.25, 0.3) is 0 Å². The summed E-state index contributed by atoms with van der Waals surface area (Å²) in [6, 6.07) is 11.6. The Bertz CT molecular complexity index is 448. The Kier molecular flexibility index (Phi) is 3.15. The van der Waals surface area contributed by atoms with Crippen LogP contribution in [-0.2, 0) is 0 Å². The van der Waals surface area contributed by atoms with Gasteiger partial charge in [0.2, 0.25) is 0 Å². The Morgan fingerprint density at radius 1 is 1.31 bits per heavy atom. The molecule has 3 heteroatoms. The minimum absolute atomic E-state index is 0.0266. The molecule has 1 atom stereocenters. The first-order valence-corrected chi connectivity index (χ1v) is 5.41. The third kappa shape index (κ3) is 2.03. The molecule has 2 aromatic rings. The molecular weight excluding hydrogens is 200 g/mol. The van der Waals surface area contributed by atoms with E-state index in [0.717, 1.165) is 12.0 Å². The zero-order valence-electron chi connectivity index (χ0n) is 9.21. The van der Waals surface area contributed by atoms with Crippen molar-refractivity contribution in [3.05, 3.63) is 54.4 Å². The van der Waals surface area contributed by atoms with Crippen LogP contribution in [0.2, 0.25) is 0 Å². The number of hydrogen-bond donors (Lipinski definition) is 0. The van der Waals surface area contributed by atoms with Crippen LogP contribution >= 0.6 is 0 Å². The second kappa shape index (κ2) is 4.75. The first-order chi connectivity index (χ1) is 7.83. The highest BCUT2D eigenvalue weighted by molar-refractivity contribution is 5.85. The maximum absolute atomic E-state index is 12.1. The maximum atomic E-state index is 12.1. The molecule has 0 radical (unpaired) electrons. The van der Waals surface area contributed by atoms with Crippen LogP contribution in [0.4, 0.5) is 0 Å². The van der Waals surface area contributed by atoms with E-state index in [0.29, 0.717) is 0 Å². The summed E-state index contributed by atoms with van der Waals surface area (Å²) in [5.41, 5.74) is 1.05. The SMILES string of the molecule is CCC(C(=O)n1cccn1)c1ccccc1. The zero-order valence-corrected chi connectivity index (χ0v) is 9.21. The summed E-state index contributed by atoms with van der Waals surface area (Å²) in [6.07, 6.45) is 4.09. The fourth-order valence-electron chi connectivity index (χ4n) is 1.80. The molecule has 16 heavy (non-hydrogen) atoms. The van der Waals surface area contributed by atoms with Gasteiger partial charge in [-0.3, -0.25) is 4.79 Å². The van der Waals surface area contributed by atoms with Crippen LogP contribution in [0, 0.1) is 0 Å². The van der Waals surface area contributed by atoms with E-state index in [-0.39, 0.29) is 11.8 Å². The molecule has 2 rings (SSSR count). The quantitative estimate of drug-likeness (QED) is 0.787. The lowest BCUT2D eigenvalue weighted by molar-refractivity contribution is 0.0858. The third-order valence-corrected chi connectivity index (χ3v) is 2.64. The van der Waals surface area contributed by atoms with Crippen LogP contribution in [-0.4, -0.2) is 15.7 Å². The summed E-state index contributed by atoms with van der Waals surface area (Å²) in [5, 5.41) is 3.98. The van der Waals surface area contributed by atoms with Gasteiger partial charge in [-0.05, 0) is 18.1 Å². The number of benzene rings is 1. The van der Waals surface area contributed by atoms with Crippen molar-refractivity contribution in [1.29, 1.82) is 0 Å². The Morgan fingerprint density at radius 3 is 2.62 bits per heavy atom. The highest BCUT2D eigenvalue weighted by atomic mass is 16.2. The summed E-state index contributed by atoms with van der Waals surface area (Å²) in [4.78, 5) is 12.1. The summed E-state index contributed by atoms with van der Waals surface area (Å²) in [7, 11) is 0. The second-order valence-electron chi connectivity index (χ2n) is 3.66. The average Bonchev–Trinajstić information content (AvgIpc) is 2.85. The molecular formula is C13H14N2O. The van der Waals surface area contributed by atoms with Gasteiger partial charge in [0.25, 0.3) is 5.91 Å². The zero-order chi connectivity index (χ0) is 11.4. The minimum atomic E-state index is -0.110. The van der Waals surface area contributed by atoms with Crippen LogP contribution in [0.5, 0.6) is 0 Å². The predicted octanol–water partition coefficient (Wildman–Crippen LogP) is 2.72. The van der Waals surface area contributed by atoms with Gasteiger partial charge < -0.3 is 0 Å². The average molecular weight is 214 g/mol. The maximum Gasteiger partial charge on any atom is 0.254 e. The Morgan fingerprint density at radius 2 is 2.06 bits per heavy atom. The second-order valence-corrected chi connectivity index (χ2v) is 3.66. The van der Waals surface area contributed by atoms with Crippen molar-refractivity contribution in [3.63, 3.8) is 0 Å². The molecule has 82 valence electrons. The standard InChI is InChI=1S/C13H14N2O/c1-2-12(11-7-4-3-5-8-11)13(16)15-10-6-9-14-15/h3-10,12H,2H2,1H3. The third-order valence-electron chi connectivity index (χ3n) is 2.64. The fraction of sp³-hybridized carbons (Fsp3) is 0.231. The van der Waals surface area contributed by atoms with Crippen molar-refractivity contribution < 1.29 is 4.79 Å². The molecule has 1 aromatic heterocycles. The lowest BCUT2D eigenvalue weighted by Gasteiger charge is -2.13. The molecule has 0 spiro atoms. The van der Waals surface area contributed by atoms with E-state index >= 15 is 0 Å². The number of nitrogens with zero attached hydrogens (tertiary/aromatic N) is 2. The number of aromatic nitrogens is 2. The predicted molar refractivity (Wildman–Crippen MR) is 62.3 cm³/mol. The molecule has 0 N–H and O–H groups in total. The molecule has 0 saturated carbocycles. The Hall–Kier alpha value is -1.90. The van der Waals surface area contributed by atoms with Gasteiger partial charge in [-0.15, -0.1) is 0 Å². The van der Waals surface area contributed by atoms with Crippen molar-refractivity contribution >= 4 is 5.91 Å². The largest absolute Gasteiger partial charge is 0.272 e. The molecule has 1 heterocycles. The van der Waals surface area contributed by atoms with E-state index in [1.807, 2.05) is 37.3 Å². The smallest absolute Gasteiger partial charge is 0.254 e. The normalized spacial score (nSPS) is 12.3. The molecule has 0 saturated heterocycles. The van der Waals surface area contributed by atoms with Crippen molar-refractivity contribution in [1.82, 2.24) is 9.78 Å². The molecule has 0 bridgehead atoms. The lowest BCUT2D eigenvalue weighted by Crippen LogP contribution is -2.20. The summed E-state index contributed by atoms with van der Waals surface area (Å²) in [6.45, 7) is 2.01. The number of rotatable bonds is 3. The molecule has 1 unspecified atom stereocenters. The molecule has 0 amide bonds. The van der Waals surface area contributed by atoms with Gasteiger partial charge in [-0.1, -0.05) is 37.3 Å². The van der Waals surface area contributed by atoms with Gasteiger partial charge in [0.1, 0.15) is 0 Å². The molecule has 1 aromatic carbocycles. The monoisotopic (exact) mass is 214 g/mol. The molecule has 3 nitrogen and oxygen atoms in total. The van der Waals surface area contributed by atoms with E-state index in [1.165, 1.54) is 4.68 Å². The number of carbonyl (C=O) groups excluding carboxylic acids is 1. The Balaban J connectivity index is 2.27. The Labute approximate surface area is 94.7 Å². The van der Waals surface area contributed by atoms with Crippen molar-refractivity contribution in [2.75, 3.05) is 0 Å². The topological polar surface area (TPSA) is 34.9 Å². The van der Waals surface area contributed by atoms with Gasteiger partial charge in [-0.25, -0.2) is 4.68 Å². The van der Waals surface area contributed by atoms with Crippen LogP contribution in [0.15, 0.2) is 48.8 Å². The van der Waals surface area contributed by atoms with E-state index in [2.05, 4.69) is 5.10 Å². The highest BCUT2D eigenvalue weighted by Gasteiger charge is 2.19. The molecule has 0 fully saturated rings. The van der Waals surface area contributed by atoms with Gasteiger partial charge >= 0.3 is 0 Å². The lowest BCUT2D eigenvalue weighted by atomic mass is 9.96. The van der Waals surface area contributed by atoms with Crippen molar-refractivity contribution in [2.24, 2.45) is 0 Å². The van der Waals surface area contributed by atoms with E-state index in [4.69, 9.17) is 0 Å². The van der Waals surface area contributed by atoms with Gasteiger partial charge in [0.15, 0.2) is 0 Å². The van der Waals surface area contributed by atoms with Gasteiger partial charge in [0.05, 0.1) is 5.92 Å². The first kappa shape index (κ1) is 10.6. The molecule has 0 aliphatic rings. The van der Waals surface area contributed by atoms with Crippen LogP contribution in [0.1, 0.15) is 29.6 Å². The van der Waals surface area contributed by atoms with E-state index in [1.54, 1.807) is 18.5 Å². The van der Waals surface area contributed by atoms with E-state index in [9.17, 15) is 4.79 Å². The van der Waals surface area contributed by atoms with Crippen LogP contribution < -0.4 is 0 Å². The van der Waals surface area contributed by atoms with Gasteiger partial charge in [-0.2, -0.15) is 5.10 Å². The van der Waals surface area contributed by atoms with Crippen molar-refractivity contribution in [2.45, 2.75) is 19.3 Å². The van der Waals surface area contributed by atoms with Crippen molar-refractivity contribution in [3.8, 4) is 0 Å². The first-order valence-electron chi connectivity index (χ1n) is 5.41. The highest BCUT2D eigenvalue weighted by Crippen LogP contribution is 2.20. The number of carbonyl (C=O) groups is 1. The summed E-state index contributed by atoms with van der Waals surface area (Å²) < 4.78 is 1.40. The molecule has 0 aliphatic heterocycles. The van der Waals surface area contributed by atoms with E-state index < -0.39 is 0 Å². The summed E-state index contributed by atoms with van der Waals surface area (Å²) in [5.74, 6) is -0.0835.